The maximum absolute atomic E-state index is 5.65. The Morgan fingerprint density at radius 2 is 1.32 bits per heavy atom. The van der Waals surface area contributed by atoms with E-state index in [-0.39, 0.29) is 7.43 Å². The number of halogens is 2. The van der Waals surface area contributed by atoms with Crippen molar-refractivity contribution >= 4 is 26.8 Å². The summed E-state index contributed by atoms with van der Waals surface area (Å²) in [6.07, 6.45) is 14.9. The molecular formula is C23H43Cl2NSiTi-2. The van der Waals surface area contributed by atoms with E-state index >= 15 is 0 Å². The first-order valence-electron chi connectivity index (χ1n) is 11.6. The Hall–Kier alpha value is 1.47. The van der Waals surface area contributed by atoms with Crippen LogP contribution in [0.1, 0.15) is 78.1 Å². The van der Waals surface area contributed by atoms with Crippen LogP contribution in [-0.4, -0.2) is 14.3 Å². The number of nitrogens with zero attached hydrogens (tertiary/aromatic N) is 1. The molecule has 7 unspecified atom stereocenters. The number of hydrogen-bond acceptors (Lipinski definition) is 0. The van der Waals surface area contributed by atoms with Crippen LogP contribution < -0.4 is 0 Å². The molecule has 0 aromatic carbocycles. The first kappa shape index (κ1) is 25.7. The van der Waals surface area contributed by atoms with Crippen LogP contribution >= 0.6 is 18.6 Å². The average Bonchev–Trinajstić information content (AvgIpc) is 3.17. The quantitative estimate of drug-likeness (QED) is 0.283. The van der Waals surface area contributed by atoms with E-state index in [1.54, 1.807) is 25.7 Å². The van der Waals surface area contributed by atoms with Crippen molar-refractivity contribution in [2.24, 2.45) is 35.5 Å². The van der Waals surface area contributed by atoms with Gasteiger partial charge in [0.05, 0.1) is 0 Å². The van der Waals surface area contributed by atoms with Crippen molar-refractivity contribution in [3.05, 3.63) is 12.4 Å². The molecule has 0 aromatic heterocycles. The molecule has 4 aliphatic carbocycles. The molecule has 4 saturated carbocycles. The minimum atomic E-state index is -1.49. The molecule has 0 aliphatic heterocycles. The molecule has 1 nitrogen and oxygen atoms in total. The van der Waals surface area contributed by atoms with Crippen LogP contribution in [0.15, 0.2) is 0 Å². The third-order valence-electron chi connectivity index (χ3n) is 8.95. The van der Waals surface area contributed by atoms with Crippen molar-refractivity contribution in [1.82, 2.24) is 0 Å². The molecule has 0 heterocycles. The topological polar surface area (TPSA) is 14.1 Å². The standard InChI is InChI=1S/C22H40NSi.CH3.2ClH.Ti/c1-15-16(2)22(24(3,4)23-19-11-6-5-7-12-19)21-14-18-10-8-9-17(18)13-20(15)21;;;;/h15-22H,5-14H2,1-4H3;1H3;2*1H;/q2*-1;;;+2/p-2. The molecule has 28 heavy (non-hydrogen) atoms. The molecule has 4 rings (SSSR count). The zero-order valence-electron chi connectivity index (χ0n) is 18.9. The third-order valence-corrected chi connectivity index (χ3v) is 12.6. The summed E-state index contributed by atoms with van der Waals surface area (Å²) in [6, 6.07) is 0.727. The van der Waals surface area contributed by atoms with Gasteiger partial charge in [-0.3, -0.25) is 0 Å². The van der Waals surface area contributed by atoms with Gasteiger partial charge in [0.2, 0.25) is 0 Å². The maximum atomic E-state index is 5.65. The number of hydrogen-bond donors (Lipinski definition) is 0. The molecule has 4 aliphatic rings. The molecular weight excluding hydrogens is 437 g/mol. The molecule has 0 spiro atoms. The normalized spacial score (nSPS) is 40.6. The second-order valence-corrected chi connectivity index (χ2v) is 17.5. The Labute approximate surface area is 193 Å². The van der Waals surface area contributed by atoms with E-state index in [0.29, 0.717) is 0 Å². The van der Waals surface area contributed by atoms with Crippen molar-refractivity contribution in [3.8, 4) is 0 Å². The predicted octanol–water partition coefficient (Wildman–Crippen LogP) is 8.82. The summed E-state index contributed by atoms with van der Waals surface area (Å²) < 4.78 is 0. The molecule has 0 aromatic rings. The first-order chi connectivity index (χ1) is 12.9. The summed E-state index contributed by atoms with van der Waals surface area (Å²) in [6.45, 7) is 10.5. The zero-order valence-corrected chi connectivity index (χ0v) is 23.0. The van der Waals surface area contributed by atoms with Crippen LogP contribution in [-0.2, 0) is 17.0 Å². The van der Waals surface area contributed by atoms with Crippen LogP contribution in [0.5, 0.6) is 0 Å². The van der Waals surface area contributed by atoms with Gasteiger partial charge in [-0.1, -0.05) is 92.1 Å². The summed E-state index contributed by atoms with van der Waals surface area (Å²) in [4.78, 5) is 5.65. The van der Waals surface area contributed by atoms with E-state index < -0.39 is 25.3 Å². The summed E-state index contributed by atoms with van der Waals surface area (Å²) in [5.74, 6) is 6.13. The molecule has 7 atom stereocenters. The molecule has 0 amide bonds. The second-order valence-electron chi connectivity index (χ2n) is 10.6. The monoisotopic (exact) mass is 479 g/mol. The van der Waals surface area contributed by atoms with Crippen molar-refractivity contribution in [1.29, 1.82) is 0 Å². The van der Waals surface area contributed by atoms with Gasteiger partial charge in [0.25, 0.3) is 0 Å². The van der Waals surface area contributed by atoms with Gasteiger partial charge in [-0.15, -0.1) is 6.04 Å². The second kappa shape index (κ2) is 11.4. The summed E-state index contributed by atoms with van der Waals surface area (Å²) in [5.41, 5.74) is 0.973. The summed E-state index contributed by atoms with van der Waals surface area (Å²) in [5, 5.41) is 0. The van der Waals surface area contributed by atoms with Gasteiger partial charge in [0, 0.05) is 0 Å². The van der Waals surface area contributed by atoms with Gasteiger partial charge in [0.1, 0.15) is 0 Å². The van der Waals surface area contributed by atoms with E-state index in [0.717, 1.165) is 47.1 Å². The van der Waals surface area contributed by atoms with E-state index in [4.69, 9.17) is 23.6 Å². The van der Waals surface area contributed by atoms with Crippen LogP contribution in [0.25, 0.3) is 4.98 Å². The van der Waals surface area contributed by atoms with Crippen molar-refractivity contribution < 1.29 is 17.0 Å². The van der Waals surface area contributed by atoms with E-state index in [1.165, 1.54) is 38.5 Å². The predicted molar refractivity (Wildman–Crippen MR) is 125 cm³/mol. The SMILES string of the molecule is CC1C(C)C([Si](C)(C)[N-]C2CCCCC2)C2CC3CCCC3CC12.[CH3-].[Cl][Ti][Cl]. The van der Waals surface area contributed by atoms with Gasteiger partial charge < -0.3 is 12.4 Å². The summed E-state index contributed by atoms with van der Waals surface area (Å²) >= 11 is -0.556. The van der Waals surface area contributed by atoms with E-state index in [2.05, 4.69) is 26.9 Å². The Morgan fingerprint density at radius 1 is 0.786 bits per heavy atom. The van der Waals surface area contributed by atoms with Gasteiger partial charge >= 0.3 is 35.6 Å². The zero-order chi connectivity index (χ0) is 19.6. The number of fused-ring (bicyclic) bond motifs is 2. The fourth-order valence-corrected chi connectivity index (χ4v) is 12.2. The molecule has 0 radical (unpaired) electrons. The molecule has 0 bridgehead atoms. The molecule has 4 fully saturated rings. The number of rotatable bonds is 3. The van der Waals surface area contributed by atoms with Gasteiger partial charge in [-0.2, -0.15) is 0 Å². The molecule has 0 N–H and O–H groups in total. The minimum absolute atomic E-state index is 0. The summed E-state index contributed by atoms with van der Waals surface area (Å²) in [7, 11) is 8.29. The van der Waals surface area contributed by atoms with E-state index in [9.17, 15) is 0 Å². The third kappa shape index (κ3) is 5.63. The van der Waals surface area contributed by atoms with Crippen LogP contribution in [0.2, 0.25) is 18.6 Å². The molecule has 0 saturated heterocycles. The van der Waals surface area contributed by atoms with Crippen molar-refractivity contribution in [2.45, 2.75) is 103 Å². The Bertz CT molecular complexity index is 472. The van der Waals surface area contributed by atoms with Gasteiger partial charge in [-0.25, -0.2) is 0 Å². The van der Waals surface area contributed by atoms with Crippen LogP contribution in [0.4, 0.5) is 0 Å². The van der Waals surface area contributed by atoms with Crippen LogP contribution in [0, 0.1) is 42.9 Å². The van der Waals surface area contributed by atoms with Crippen molar-refractivity contribution in [3.63, 3.8) is 0 Å². The Balaban J connectivity index is 0.000000660. The Morgan fingerprint density at radius 3 is 1.89 bits per heavy atom. The fourth-order valence-electron chi connectivity index (χ4n) is 7.84. The van der Waals surface area contributed by atoms with Gasteiger partial charge in [0.15, 0.2) is 0 Å². The molecule has 5 heteroatoms. The van der Waals surface area contributed by atoms with Crippen LogP contribution in [0.3, 0.4) is 0 Å². The average molecular weight is 480 g/mol. The van der Waals surface area contributed by atoms with E-state index in [1.807, 2.05) is 0 Å². The first-order valence-corrected chi connectivity index (χ1v) is 18.9. The fraction of sp³-hybridized carbons (Fsp3) is 0.957. The van der Waals surface area contributed by atoms with Gasteiger partial charge in [-0.05, 0) is 48.3 Å². The van der Waals surface area contributed by atoms with Crippen molar-refractivity contribution in [2.75, 3.05) is 0 Å². The molecule has 164 valence electrons. The Kier molecular flexibility index (Phi) is 10.4.